The maximum Gasteiger partial charge on any atom is 0.251 e. The van der Waals surface area contributed by atoms with Gasteiger partial charge in [-0.1, -0.05) is 6.42 Å². The summed E-state index contributed by atoms with van der Waals surface area (Å²) >= 11 is 0. The average Bonchev–Trinajstić information content (AvgIpc) is 3.44. The van der Waals surface area contributed by atoms with Gasteiger partial charge in [-0.15, -0.1) is 0 Å². The Hall–Kier alpha value is -3.85. The Morgan fingerprint density at radius 3 is 2.81 bits per heavy atom. The molecule has 0 aliphatic carbocycles. The van der Waals surface area contributed by atoms with E-state index in [1.54, 1.807) is 42.7 Å². The second-order valence-corrected chi connectivity index (χ2v) is 9.42. The SMILES string of the molecule is CN1CCCCC1COc1nc2ccc(C(=O)NCCCc3ncc[nH]3)cc2nc1-c1ccc(F)cc1. The van der Waals surface area contributed by atoms with Crippen LogP contribution in [0, 0.1) is 5.82 Å². The molecule has 192 valence electrons. The van der Waals surface area contributed by atoms with E-state index < -0.39 is 0 Å². The normalized spacial score (nSPS) is 16.1. The van der Waals surface area contributed by atoms with E-state index in [4.69, 9.17) is 14.7 Å². The molecule has 0 saturated carbocycles. The number of carbonyl (C=O) groups excluding carboxylic acids is 1. The maximum absolute atomic E-state index is 13.6. The number of likely N-dealkylation sites (N-methyl/N-ethyl adjacent to an activating group) is 1. The van der Waals surface area contributed by atoms with E-state index in [-0.39, 0.29) is 11.7 Å². The molecule has 2 aromatic carbocycles. The van der Waals surface area contributed by atoms with Gasteiger partial charge in [-0.05, 0) is 75.3 Å². The third-order valence-corrected chi connectivity index (χ3v) is 6.78. The molecule has 1 saturated heterocycles. The van der Waals surface area contributed by atoms with Crippen LogP contribution in [0.25, 0.3) is 22.3 Å². The molecule has 0 bridgehead atoms. The highest BCUT2D eigenvalue weighted by atomic mass is 19.1. The number of hydrogen-bond acceptors (Lipinski definition) is 6. The fourth-order valence-electron chi connectivity index (χ4n) is 4.60. The molecule has 9 heteroatoms. The first-order valence-electron chi connectivity index (χ1n) is 12.7. The number of aromatic nitrogens is 4. The molecule has 8 nitrogen and oxygen atoms in total. The fraction of sp³-hybridized carbons (Fsp3) is 0.357. The van der Waals surface area contributed by atoms with Gasteiger partial charge in [0.1, 0.15) is 23.9 Å². The molecule has 1 atom stereocenters. The van der Waals surface area contributed by atoms with Crippen LogP contribution >= 0.6 is 0 Å². The molecule has 1 aliphatic heterocycles. The summed E-state index contributed by atoms with van der Waals surface area (Å²) in [6.45, 7) is 2.09. The van der Waals surface area contributed by atoms with Gasteiger partial charge in [-0.3, -0.25) is 4.79 Å². The molecular formula is C28H31FN6O2. The van der Waals surface area contributed by atoms with Crippen molar-refractivity contribution >= 4 is 16.9 Å². The lowest BCUT2D eigenvalue weighted by molar-refractivity contribution is 0.0953. The van der Waals surface area contributed by atoms with E-state index in [2.05, 4.69) is 27.2 Å². The number of imidazole rings is 1. The number of nitrogens with one attached hydrogen (secondary N) is 2. The van der Waals surface area contributed by atoms with Crippen molar-refractivity contribution in [2.75, 3.05) is 26.7 Å². The van der Waals surface area contributed by atoms with Gasteiger partial charge in [-0.25, -0.2) is 19.3 Å². The van der Waals surface area contributed by atoms with Crippen molar-refractivity contribution < 1.29 is 13.9 Å². The molecule has 1 aliphatic rings. The molecule has 0 radical (unpaired) electrons. The highest BCUT2D eigenvalue weighted by Crippen LogP contribution is 2.30. The summed E-state index contributed by atoms with van der Waals surface area (Å²) in [5.41, 5.74) is 2.94. The highest BCUT2D eigenvalue weighted by Gasteiger charge is 2.21. The van der Waals surface area contributed by atoms with Crippen LogP contribution < -0.4 is 10.1 Å². The number of benzene rings is 2. The van der Waals surface area contributed by atoms with Gasteiger partial charge in [0.25, 0.3) is 5.91 Å². The largest absolute Gasteiger partial charge is 0.474 e. The first kappa shape index (κ1) is 24.8. The number of aromatic amines is 1. The Balaban J connectivity index is 1.36. The number of hydrogen-bond donors (Lipinski definition) is 2. The first-order valence-corrected chi connectivity index (χ1v) is 12.7. The second kappa shape index (κ2) is 11.5. The lowest BCUT2D eigenvalue weighted by atomic mass is 10.0. The standard InChI is InChI=1S/C28H31FN6O2/c1-35-16-3-2-5-22(35)18-37-28-26(19-7-10-21(29)11-8-19)33-24-17-20(9-12-23(24)34-28)27(36)32-13-4-6-25-30-14-15-31-25/h7-12,14-15,17,22H,2-6,13,16,18H2,1H3,(H,30,31)(H,32,36). The Bertz CT molecular complexity index is 1340. The fourth-order valence-corrected chi connectivity index (χ4v) is 4.60. The highest BCUT2D eigenvalue weighted by molar-refractivity contribution is 5.97. The Morgan fingerprint density at radius 1 is 1.16 bits per heavy atom. The molecule has 1 amide bonds. The Morgan fingerprint density at radius 2 is 2.03 bits per heavy atom. The number of likely N-dealkylation sites (tertiary alicyclic amines) is 1. The van der Waals surface area contributed by atoms with Crippen LogP contribution in [0.3, 0.4) is 0 Å². The van der Waals surface area contributed by atoms with Gasteiger partial charge in [0, 0.05) is 42.5 Å². The topological polar surface area (TPSA) is 96.0 Å². The molecule has 5 rings (SSSR count). The van der Waals surface area contributed by atoms with E-state index in [0.717, 1.165) is 31.6 Å². The number of fused-ring (bicyclic) bond motifs is 1. The van der Waals surface area contributed by atoms with Crippen molar-refractivity contribution in [2.45, 2.75) is 38.1 Å². The lowest BCUT2D eigenvalue weighted by Gasteiger charge is -2.32. The van der Waals surface area contributed by atoms with Crippen molar-refractivity contribution in [1.82, 2.24) is 30.2 Å². The van der Waals surface area contributed by atoms with E-state index in [1.807, 2.05) is 0 Å². The predicted molar refractivity (Wildman–Crippen MR) is 140 cm³/mol. The van der Waals surface area contributed by atoms with E-state index >= 15 is 0 Å². The molecule has 2 N–H and O–H groups in total. The molecule has 0 spiro atoms. The van der Waals surface area contributed by atoms with E-state index in [1.165, 1.54) is 25.0 Å². The van der Waals surface area contributed by atoms with Crippen molar-refractivity contribution in [3.05, 3.63) is 72.1 Å². The van der Waals surface area contributed by atoms with Gasteiger partial charge < -0.3 is 19.9 Å². The van der Waals surface area contributed by atoms with Gasteiger partial charge in [0.2, 0.25) is 5.88 Å². The van der Waals surface area contributed by atoms with Crippen molar-refractivity contribution in [1.29, 1.82) is 0 Å². The molecule has 2 aromatic heterocycles. The number of ether oxygens (including phenoxy) is 1. The third-order valence-electron chi connectivity index (χ3n) is 6.78. The van der Waals surface area contributed by atoms with Crippen LogP contribution in [0.5, 0.6) is 5.88 Å². The number of nitrogens with zero attached hydrogens (tertiary/aromatic N) is 4. The van der Waals surface area contributed by atoms with Gasteiger partial charge in [-0.2, -0.15) is 0 Å². The molecule has 1 fully saturated rings. The zero-order valence-corrected chi connectivity index (χ0v) is 20.9. The van der Waals surface area contributed by atoms with Crippen molar-refractivity contribution in [3.8, 4) is 17.1 Å². The number of rotatable bonds is 9. The number of halogens is 1. The summed E-state index contributed by atoms with van der Waals surface area (Å²) in [7, 11) is 2.11. The Kier molecular flexibility index (Phi) is 7.70. The number of amides is 1. The third kappa shape index (κ3) is 6.11. The summed E-state index contributed by atoms with van der Waals surface area (Å²) in [5, 5.41) is 2.95. The average molecular weight is 503 g/mol. The number of piperidine rings is 1. The minimum atomic E-state index is -0.324. The van der Waals surface area contributed by atoms with Crippen molar-refractivity contribution in [2.24, 2.45) is 0 Å². The molecular weight excluding hydrogens is 471 g/mol. The van der Waals surface area contributed by atoms with Gasteiger partial charge in [0.05, 0.1) is 11.0 Å². The minimum Gasteiger partial charge on any atom is -0.474 e. The summed E-state index contributed by atoms with van der Waals surface area (Å²) < 4.78 is 19.8. The molecule has 3 heterocycles. The summed E-state index contributed by atoms with van der Waals surface area (Å²) in [5.74, 6) is 0.812. The predicted octanol–water partition coefficient (Wildman–Crippen LogP) is 4.38. The molecule has 1 unspecified atom stereocenters. The van der Waals surface area contributed by atoms with Crippen molar-refractivity contribution in [3.63, 3.8) is 0 Å². The van der Waals surface area contributed by atoms with Crippen LogP contribution in [-0.2, 0) is 6.42 Å². The van der Waals surface area contributed by atoms with Crippen LogP contribution in [-0.4, -0.2) is 63.5 Å². The zero-order valence-electron chi connectivity index (χ0n) is 20.9. The summed E-state index contributed by atoms with van der Waals surface area (Å²) in [6.07, 6.45) is 8.49. The van der Waals surface area contributed by atoms with E-state index in [0.29, 0.717) is 52.9 Å². The number of carbonyl (C=O) groups is 1. The quantitative estimate of drug-likeness (QED) is 0.330. The first-order chi connectivity index (χ1) is 18.1. The van der Waals surface area contributed by atoms with Crippen LogP contribution in [0.4, 0.5) is 4.39 Å². The van der Waals surface area contributed by atoms with Crippen LogP contribution in [0.1, 0.15) is 41.9 Å². The van der Waals surface area contributed by atoms with Crippen LogP contribution in [0.2, 0.25) is 0 Å². The number of H-pyrrole nitrogens is 1. The van der Waals surface area contributed by atoms with E-state index in [9.17, 15) is 9.18 Å². The van der Waals surface area contributed by atoms with Crippen LogP contribution in [0.15, 0.2) is 54.9 Å². The number of aryl methyl sites for hydroxylation is 1. The molecule has 4 aromatic rings. The lowest BCUT2D eigenvalue weighted by Crippen LogP contribution is -2.40. The Labute approximate surface area is 215 Å². The van der Waals surface area contributed by atoms with Gasteiger partial charge in [0.15, 0.2) is 0 Å². The monoisotopic (exact) mass is 502 g/mol. The second-order valence-electron chi connectivity index (χ2n) is 9.42. The van der Waals surface area contributed by atoms with Gasteiger partial charge >= 0.3 is 0 Å². The zero-order chi connectivity index (χ0) is 25.6. The molecule has 37 heavy (non-hydrogen) atoms. The summed E-state index contributed by atoms with van der Waals surface area (Å²) in [4.78, 5) is 31.9. The smallest absolute Gasteiger partial charge is 0.251 e. The maximum atomic E-state index is 13.6. The minimum absolute atomic E-state index is 0.174. The summed E-state index contributed by atoms with van der Waals surface area (Å²) in [6, 6.07) is 11.7.